The molecule has 3 aromatic carbocycles. The minimum Gasteiger partial charge on any atom is -0.487 e. The average Bonchev–Trinajstić information content (AvgIpc) is 2.77. The highest BCUT2D eigenvalue weighted by Gasteiger charge is 2.15. The second-order valence-corrected chi connectivity index (χ2v) is 7.77. The number of nitrogens with one attached hydrogen (secondary N) is 1. The van der Waals surface area contributed by atoms with E-state index in [1.807, 2.05) is 54.6 Å². The summed E-state index contributed by atoms with van der Waals surface area (Å²) in [6.07, 6.45) is 1.40. The van der Waals surface area contributed by atoms with Gasteiger partial charge in [0.15, 0.2) is 0 Å². The minimum absolute atomic E-state index is 0.100. The summed E-state index contributed by atoms with van der Waals surface area (Å²) in [6.45, 7) is 0.453. The van der Waals surface area contributed by atoms with Crippen LogP contribution >= 0.6 is 34.8 Å². The Labute approximate surface area is 195 Å². The molecule has 0 saturated carbocycles. The predicted molar refractivity (Wildman–Crippen MR) is 124 cm³/mol. The van der Waals surface area contributed by atoms with Crippen LogP contribution in [0.5, 0.6) is 5.75 Å². The molecule has 0 bridgehead atoms. The third-order valence-electron chi connectivity index (χ3n) is 4.33. The van der Waals surface area contributed by atoms with Gasteiger partial charge in [-0.05, 0) is 29.8 Å². The van der Waals surface area contributed by atoms with Crippen LogP contribution in [-0.4, -0.2) is 5.91 Å². The first-order valence-corrected chi connectivity index (χ1v) is 10.4. The largest absolute Gasteiger partial charge is 0.487 e. The Morgan fingerprint density at radius 2 is 1.71 bits per heavy atom. The van der Waals surface area contributed by atoms with Gasteiger partial charge in [0.25, 0.3) is 5.91 Å². The lowest BCUT2D eigenvalue weighted by atomic mass is 10.1. The van der Waals surface area contributed by atoms with Crippen molar-refractivity contribution in [1.29, 1.82) is 5.26 Å². The van der Waals surface area contributed by atoms with Gasteiger partial charge in [-0.25, -0.2) is 0 Å². The Morgan fingerprint density at radius 1 is 1.00 bits per heavy atom. The molecule has 1 amide bonds. The van der Waals surface area contributed by atoms with E-state index in [9.17, 15) is 10.1 Å². The zero-order chi connectivity index (χ0) is 22.2. The van der Waals surface area contributed by atoms with Gasteiger partial charge in [0.1, 0.15) is 24.0 Å². The normalized spacial score (nSPS) is 11.0. The van der Waals surface area contributed by atoms with Crippen LogP contribution in [0.1, 0.15) is 16.7 Å². The zero-order valence-corrected chi connectivity index (χ0v) is 18.5. The van der Waals surface area contributed by atoms with E-state index in [2.05, 4.69) is 5.32 Å². The molecule has 7 heteroatoms. The molecular weight excluding hydrogens is 455 g/mol. The molecule has 0 aliphatic heterocycles. The topological polar surface area (TPSA) is 62.1 Å². The summed E-state index contributed by atoms with van der Waals surface area (Å²) in [5.41, 5.74) is 2.00. The molecule has 0 unspecified atom stereocenters. The third kappa shape index (κ3) is 6.26. The van der Waals surface area contributed by atoms with E-state index in [1.54, 1.807) is 12.1 Å². The molecular formula is C24H17Cl3N2O2. The lowest BCUT2D eigenvalue weighted by Gasteiger charge is -2.13. The van der Waals surface area contributed by atoms with E-state index in [0.717, 1.165) is 11.1 Å². The fourth-order valence-electron chi connectivity index (χ4n) is 2.78. The smallest absolute Gasteiger partial charge is 0.262 e. The predicted octanol–water partition coefficient (Wildman–Crippen LogP) is 6.45. The van der Waals surface area contributed by atoms with Crippen LogP contribution < -0.4 is 10.1 Å². The number of hydrogen-bond acceptors (Lipinski definition) is 3. The molecule has 0 fully saturated rings. The van der Waals surface area contributed by atoms with Crippen molar-refractivity contribution in [1.82, 2.24) is 5.32 Å². The van der Waals surface area contributed by atoms with Gasteiger partial charge in [0.2, 0.25) is 0 Å². The number of carbonyl (C=O) groups is 1. The third-order valence-corrected chi connectivity index (χ3v) is 5.20. The quantitative estimate of drug-likeness (QED) is 0.318. The van der Waals surface area contributed by atoms with Crippen LogP contribution in [-0.2, 0) is 17.9 Å². The lowest BCUT2D eigenvalue weighted by molar-refractivity contribution is -0.117. The van der Waals surface area contributed by atoms with Gasteiger partial charge >= 0.3 is 0 Å². The van der Waals surface area contributed by atoms with Gasteiger partial charge in [0, 0.05) is 27.7 Å². The van der Waals surface area contributed by atoms with E-state index in [4.69, 9.17) is 39.5 Å². The summed E-state index contributed by atoms with van der Waals surface area (Å²) in [5.74, 6) is -0.214. The van der Waals surface area contributed by atoms with Crippen LogP contribution in [0.2, 0.25) is 15.1 Å². The lowest BCUT2D eigenvalue weighted by Crippen LogP contribution is -2.23. The fourth-order valence-corrected chi connectivity index (χ4v) is 3.54. The number of nitrogens with zero attached hydrogens (tertiary/aromatic N) is 1. The summed E-state index contributed by atoms with van der Waals surface area (Å²) in [6, 6.07) is 21.7. The van der Waals surface area contributed by atoms with E-state index in [0.29, 0.717) is 27.9 Å². The highest BCUT2D eigenvalue weighted by atomic mass is 35.5. The summed E-state index contributed by atoms with van der Waals surface area (Å²) in [4.78, 5) is 12.5. The van der Waals surface area contributed by atoms with E-state index >= 15 is 0 Å². The number of nitriles is 1. The Balaban J connectivity index is 1.84. The van der Waals surface area contributed by atoms with Gasteiger partial charge in [0.05, 0.1) is 5.02 Å². The van der Waals surface area contributed by atoms with Gasteiger partial charge < -0.3 is 10.1 Å². The van der Waals surface area contributed by atoms with Crippen LogP contribution in [0.25, 0.3) is 6.08 Å². The van der Waals surface area contributed by atoms with Gasteiger partial charge in [-0.15, -0.1) is 0 Å². The van der Waals surface area contributed by atoms with Gasteiger partial charge in [-0.3, -0.25) is 4.79 Å². The maximum atomic E-state index is 12.5. The Bertz CT molecular complexity index is 1160. The molecule has 31 heavy (non-hydrogen) atoms. The van der Waals surface area contributed by atoms with Crippen molar-refractivity contribution < 1.29 is 9.53 Å². The molecule has 156 valence electrons. The second-order valence-electron chi connectivity index (χ2n) is 6.52. The molecule has 0 heterocycles. The number of benzene rings is 3. The fraction of sp³-hybridized carbons (Fsp3) is 0.0833. The van der Waals surface area contributed by atoms with Crippen molar-refractivity contribution >= 4 is 46.8 Å². The highest BCUT2D eigenvalue weighted by Crippen LogP contribution is 2.35. The molecule has 0 atom stereocenters. The number of amides is 1. The van der Waals surface area contributed by atoms with Crippen LogP contribution in [0, 0.1) is 11.3 Å². The maximum absolute atomic E-state index is 12.5. The molecule has 3 aromatic rings. The highest BCUT2D eigenvalue weighted by molar-refractivity contribution is 6.36. The van der Waals surface area contributed by atoms with E-state index in [1.165, 1.54) is 12.1 Å². The first kappa shape index (κ1) is 22.7. The van der Waals surface area contributed by atoms with Gasteiger partial charge in [-0.1, -0.05) is 83.3 Å². The van der Waals surface area contributed by atoms with E-state index in [-0.39, 0.29) is 17.2 Å². The van der Waals surface area contributed by atoms with Crippen molar-refractivity contribution in [3.05, 3.63) is 104 Å². The molecule has 1 N–H and O–H groups in total. The van der Waals surface area contributed by atoms with Crippen molar-refractivity contribution in [2.24, 2.45) is 0 Å². The number of carbonyl (C=O) groups excluding carboxylic acids is 1. The molecule has 0 aromatic heterocycles. The summed E-state index contributed by atoms with van der Waals surface area (Å²) in [7, 11) is 0. The number of halogens is 3. The Morgan fingerprint density at radius 3 is 2.42 bits per heavy atom. The molecule has 0 saturated heterocycles. The SMILES string of the molecule is N#CC(=Cc1cc(Cl)cc(Cl)c1OCc1ccccc1Cl)C(=O)NCc1ccccc1. The number of rotatable bonds is 7. The van der Waals surface area contributed by atoms with Crippen molar-refractivity contribution in [2.75, 3.05) is 0 Å². The Hall–Kier alpha value is -2.97. The average molecular weight is 472 g/mol. The number of ether oxygens (including phenoxy) is 1. The minimum atomic E-state index is -0.514. The van der Waals surface area contributed by atoms with Crippen molar-refractivity contribution in [3.8, 4) is 11.8 Å². The van der Waals surface area contributed by atoms with Crippen LogP contribution in [0.4, 0.5) is 0 Å². The van der Waals surface area contributed by atoms with Crippen LogP contribution in [0.15, 0.2) is 72.3 Å². The standard InChI is InChI=1S/C24H17Cl3N2O2/c25-20-11-18(10-19(13-28)24(30)29-14-16-6-2-1-3-7-16)23(22(27)12-20)31-15-17-8-4-5-9-21(17)26/h1-12H,14-15H2,(H,29,30). The Kier molecular flexibility index (Phi) is 7.97. The van der Waals surface area contributed by atoms with Crippen molar-refractivity contribution in [3.63, 3.8) is 0 Å². The zero-order valence-electron chi connectivity index (χ0n) is 16.2. The van der Waals surface area contributed by atoms with Crippen LogP contribution in [0.3, 0.4) is 0 Å². The molecule has 0 radical (unpaired) electrons. The first-order chi connectivity index (χ1) is 15.0. The first-order valence-electron chi connectivity index (χ1n) is 9.27. The van der Waals surface area contributed by atoms with Crippen molar-refractivity contribution in [2.45, 2.75) is 13.2 Å². The monoisotopic (exact) mass is 470 g/mol. The molecule has 4 nitrogen and oxygen atoms in total. The molecule has 0 aliphatic carbocycles. The summed E-state index contributed by atoms with van der Waals surface area (Å²) < 4.78 is 5.88. The molecule has 3 rings (SSSR count). The summed E-state index contributed by atoms with van der Waals surface area (Å²) in [5, 5.41) is 13.4. The van der Waals surface area contributed by atoms with Gasteiger partial charge in [-0.2, -0.15) is 5.26 Å². The molecule has 0 spiro atoms. The van der Waals surface area contributed by atoms with E-state index < -0.39 is 5.91 Å². The maximum Gasteiger partial charge on any atom is 0.262 e. The second kappa shape index (κ2) is 10.9. The number of hydrogen-bond donors (Lipinski definition) is 1. The summed E-state index contributed by atoms with van der Waals surface area (Å²) >= 11 is 18.7. The molecule has 0 aliphatic rings.